The van der Waals surface area contributed by atoms with Gasteiger partial charge in [-0.05, 0) is 67.4 Å². The zero-order valence-electron chi connectivity index (χ0n) is 18.4. The van der Waals surface area contributed by atoms with Gasteiger partial charge in [-0.25, -0.2) is 4.39 Å². The third-order valence-corrected chi connectivity index (χ3v) is 5.39. The molecule has 1 aromatic heterocycles. The Labute approximate surface area is 187 Å². The molecule has 0 aliphatic carbocycles. The van der Waals surface area contributed by atoms with E-state index in [1.165, 1.54) is 6.07 Å². The molecule has 4 rings (SSSR count). The van der Waals surface area contributed by atoms with E-state index in [0.29, 0.717) is 12.3 Å². The monoisotopic (exact) mass is 428 g/mol. The van der Waals surface area contributed by atoms with E-state index in [1.54, 1.807) is 19.2 Å². The Morgan fingerprint density at radius 3 is 2.31 bits per heavy atom. The van der Waals surface area contributed by atoms with Crippen molar-refractivity contribution in [3.8, 4) is 22.7 Å². The summed E-state index contributed by atoms with van der Waals surface area (Å²) in [6.07, 6.45) is 0. The smallest absolute Gasteiger partial charge is 0.147 e. The van der Waals surface area contributed by atoms with Crippen molar-refractivity contribution in [1.82, 2.24) is 4.57 Å². The van der Waals surface area contributed by atoms with Gasteiger partial charge in [0.25, 0.3) is 0 Å². The van der Waals surface area contributed by atoms with Gasteiger partial charge < -0.3 is 14.1 Å². The van der Waals surface area contributed by atoms with E-state index >= 15 is 0 Å². The van der Waals surface area contributed by atoms with Crippen LogP contribution in [0.2, 0.25) is 0 Å². The van der Waals surface area contributed by atoms with E-state index in [9.17, 15) is 4.39 Å². The van der Waals surface area contributed by atoms with Crippen molar-refractivity contribution in [2.45, 2.75) is 20.5 Å². The number of ether oxygens (including phenoxy) is 1. The molecule has 0 unspecified atom stereocenters. The Bertz CT molecular complexity index is 1230. The van der Waals surface area contributed by atoms with Gasteiger partial charge >= 0.3 is 0 Å². The maximum absolute atomic E-state index is 14.8. The van der Waals surface area contributed by atoms with Gasteiger partial charge in [0.05, 0.1) is 24.2 Å². The van der Waals surface area contributed by atoms with E-state index in [1.807, 2.05) is 85.1 Å². The lowest BCUT2D eigenvalue weighted by molar-refractivity contribution is 0.130. The van der Waals surface area contributed by atoms with Crippen LogP contribution >= 0.6 is 0 Å². The van der Waals surface area contributed by atoms with Gasteiger partial charge in [-0.3, -0.25) is 0 Å². The molecule has 0 spiro atoms. The zero-order chi connectivity index (χ0) is 22.5. The molecule has 4 aromatic rings. The number of methoxy groups -OCH3 is 1. The van der Waals surface area contributed by atoms with E-state index in [0.717, 1.165) is 39.5 Å². The summed E-state index contributed by atoms with van der Waals surface area (Å²) in [7, 11) is 1.63. The molecule has 0 saturated carbocycles. The second-order valence-electron chi connectivity index (χ2n) is 7.48. The lowest BCUT2D eigenvalue weighted by Crippen LogP contribution is -2.04. The summed E-state index contributed by atoms with van der Waals surface area (Å²) in [6, 6.07) is 26.4. The van der Waals surface area contributed by atoms with Crippen molar-refractivity contribution in [3.05, 3.63) is 108 Å². The van der Waals surface area contributed by atoms with Crippen LogP contribution in [0.15, 0.2) is 90.1 Å². The molecule has 0 atom stereocenters. The number of para-hydroxylation sites is 1. The lowest BCUT2D eigenvalue weighted by Gasteiger charge is -2.13. The molecular formula is C27H25FN2O2. The zero-order valence-corrected chi connectivity index (χ0v) is 18.4. The minimum absolute atomic E-state index is 0.289. The number of halogens is 1. The van der Waals surface area contributed by atoms with Crippen LogP contribution in [0.1, 0.15) is 23.7 Å². The fourth-order valence-electron chi connectivity index (χ4n) is 3.72. The number of benzene rings is 3. The summed E-state index contributed by atoms with van der Waals surface area (Å²) in [5, 5.41) is 4.33. The molecule has 0 bridgehead atoms. The number of nitrogens with zero attached hydrogens (tertiary/aromatic N) is 2. The number of hydrogen-bond donors (Lipinski definition) is 0. The molecule has 0 amide bonds. The van der Waals surface area contributed by atoms with Gasteiger partial charge in [-0.2, -0.15) is 0 Å². The molecule has 0 saturated heterocycles. The molecule has 0 radical (unpaired) electrons. The molecule has 1 heterocycles. The standard InChI is InChI=1S/C27H25FN2O2/c1-19(29-32-18-21-9-5-4-6-10-21)24-17-27(22-13-15-23(31-3)16-14-22)30(20(24)2)26-12-8-7-11-25(26)28/h4-17H,18H2,1-3H3/b29-19+. The van der Waals surface area contributed by atoms with Gasteiger partial charge in [-0.15, -0.1) is 0 Å². The number of hydrogen-bond acceptors (Lipinski definition) is 3. The van der Waals surface area contributed by atoms with Gasteiger partial charge in [0.2, 0.25) is 0 Å². The van der Waals surface area contributed by atoms with Crippen LogP contribution in [-0.2, 0) is 11.4 Å². The van der Waals surface area contributed by atoms with Crippen LogP contribution < -0.4 is 4.74 Å². The van der Waals surface area contributed by atoms with Crippen molar-refractivity contribution in [1.29, 1.82) is 0 Å². The van der Waals surface area contributed by atoms with E-state index in [2.05, 4.69) is 5.16 Å². The molecule has 0 aliphatic heterocycles. The average molecular weight is 429 g/mol. The first-order chi connectivity index (χ1) is 15.6. The third-order valence-electron chi connectivity index (χ3n) is 5.39. The van der Waals surface area contributed by atoms with Crippen LogP contribution in [0.3, 0.4) is 0 Å². The fraction of sp³-hybridized carbons (Fsp3) is 0.148. The first kappa shape index (κ1) is 21.4. The van der Waals surface area contributed by atoms with Crippen LogP contribution in [-0.4, -0.2) is 17.4 Å². The van der Waals surface area contributed by atoms with E-state index < -0.39 is 0 Å². The highest BCUT2D eigenvalue weighted by atomic mass is 19.1. The largest absolute Gasteiger partial charge is 0.497 e. The highest BCUT2D eigenvalue weighted by Crippen LogP contribution is 2.32. The molecular weight excluding hydrogens is 403 g/mol. The molecule has 162 valence electrons. The summed E-state index contributed by atoms with van der Waals surface area (Å²) in [5.74, 6) is 0.476. The highest BCUT2D eigenvalue weighted by molar-refractivity contribution is 6.01. The Morgan fingerprint density at radius 1 is 0.938 bits per heavy atom. The predicted octanol–water partition coefficient (Wildman–Crippen LogP) is 6.54. The number of oxime groups is 1. The predicted molar refractivity (Wildman–Crippen MR) is 126 cm³/mol. The van der Waals surface area contributed by atoms with Crippen LogP contribution in [0.5, 0.6) is 5.75 Å². The van der Waals surface area contributed by atoms with Crippen molar-refractivity contribution in [2.24, 2.45) is 5.16 Å². The molecule has 3 aromatic carbocycles. The second kappa shape index (κ2) is 9.52. The molecule has 0 N–H and O–H groups in total. The van der Waals surface area contributed by atoms with E-state index in [-0.39, 0.29) is 5.82 Å². The van der Waals surface area contributed by atoms with Crippen molar-refractivity contribution in [2.75, 3.05) is 7.11 Å². The minimum atomic E-state index is -0.289. The summed E-state index contributed by atoms with van der Waals surface area (Å²) in [6.45, 7) is 4.25. The first-order valence-corrected chi connectivity index (χ1v) is 10.4. The Kier molecular flexibility index (Phi) is 6.36. The maximum atomic E-state index is 14.8. The summed E-state index contributed by atoms with van der Waals surface area (Å²) in [5.41, 5.74) is 5.84. The summed E-state index contributed by atoms with van der Waals surface area (Å²) in [4.78, 5) is 5.59. The van der Waals surface area contributed by atoms with Crippen molar-refractivity contribution in [3.63, 3.8) is 0 Å². The van der Waals surface area contributed by atoms with Gasteiger partial charge in [0, 0.05) is 11.3 Å². The van der Waals surface area contributed by atoms with Crippen LogP contribution in [0.25, 0.3) is 16.9 Å². The van der Waals surface area contributed by atoms with Gasteiger partial charge in [0.15, 0.2) is 0 Å². The van der Waals surface area contributed by atoms with Crippen molar-refractivity contribution >= 4 is 5.71 Å². The van der Waals surface area contributed by atoms with Crippen LogP contribution in [0.4, 0.5) is 4.39 Å². The normalized spacial score (nSPS) is 11.4. The molecule has 32 heavy (non-hydrogen) atoms. The quantitative estimate of drug-likeness (QED) is 0.247. The van der Waals surface area contributed by atoms with Gasteiger partial charge in [-0.1, -0.05) is 47.6 Å². The Morgan fingerprint density at radius 2 is 1.62 bits per heavy atom. The highest BCUT2D eigenvalue weighted by Gasteiger charge is 2.19. The van der Waals surface area contributed by atoms with Crippen molar-refractivity contribution < 1.29 is 14.0 Å². The van der Waals surface area contributed by atoms with Gasteiger partial charge in [0.1, 0.15) is 18.2 Å². The molecule has 5 heteroatoms. The molecule has 0 fully saturated rings. The number of aromatic nitrogens is 1. The minimum Gasteiger partial charge on any atom is -0.497 e. The lowest BCUT2D eigenvalue weighted by atomic mass is 10.1. The Hall–Kier alpha value is -3.86. The van der Waals surface area contributed by atoms with Crippen LogP contribution in [0, 0.1) is 12.7 Å². The fourth-order valence-corrected chi connectivity index (χ4v) is 3.72. The molecule has 4 nitrogen and oxygen atoms in total. The first-order valence-electron chi connectivity index (χ1n) is 10.4. The number of rotatable bonds is 7. The second-order valence-corrected chi connectivity index (χ2v) is 7.48. The topological polar surface area (TPSA) is 35.8 Å². The van der Waals surface area contributed by atoms with E-state index in [4.69, 9.17) is 9.57 Å². The Balaban J connectivity index is 1.75. The SMILES string of the molecule is COc1ccc(-c2cc(/C(C)=N/OCc3ccccc3)c(C)n2-c2ccccc2F)cc1. The maximum Gasteiger partial charge on any atom is 0.147 e. The molecule has 0 aliphatic rings. The average Bonchev–Trinajstić information content (AvgIpc) is 3.17. The summed E-state index contributed by atoms with van der Waals surface area (Å²) < 4.78 is 22.0. The summed E-state index contributed by atoms with van der Waals surface area (Å²) >= 11 is 0. The third kappa shape index (κ3) is 4.42.